The number of nitrogens with one attached hydrogen (secondary N) is 1. The third-order valence-electron chi connectivity index (χ3n) is 5.85. The lowest BCUT2D eigenvalue weighted by Gasteiger charge is -2.48. The van der Waals surface area contributed by atoms with Crippen LogP contribution in [-0.2, 0) is 5.60 Å². The van der Waals surface area contributed by atoms with E-state index in [0.717, 1.165) is 24.2 Å². The van der Waals surface area contributed by atoms with E-state index in [4.69, 9.17) is 0 Å². The summed E-state index contributed by atoms with van der Waals surface area (Å²) < 4.78 is 0. The lowest BCUT2D eigenvalue weighted by molar-refractivity contribution is -0.0527. The summed E-state index contributed by atoms with van der Waals surface area (Å²) >= 11 is 0. The summed E-state index contributed by atoms with van der Waals surface area (Å²) in [6.45, 7) is 1.32. The number of likely N-dealkylation sites (N-methyl/N-ethyl adjacent to an activating group) is 1. The molecule has 1 aromatic carbocycles. The molecule has 6 heteroatoms. The zero-order valence-electron chi connectivity index (χ0n) is 16.5. The lowest BCUT2D eigenvalue weighted by atomic mass is 9.80. The summed E-state index contributed by atoms with van der Waals surface area (Å²) in [7, 11) is 3.99. The number of aliphatic hydroxyl groups is 1. The number of carbonyl (C=O) groups is 1. The molecule has 2 fully saturated rings. The van der Waals surface area contributed by atoms with Gasteiger partial charge in [0.05, 0.1) is 6.04 Å². The molecule has 1 aliphatic heterocycles. The van der Waals surface area contributed by atoms with Crippen LogP contribution in [0, 0.1) is 0 Å². The molecule has 0 spiro atoms. The normalized spacial score (nSPS) is 25.0. The molecular formula is C22H28N4O2. The summed E-state index contributed by atoms with van der Waals surface area (Å²) in [6.07, 6.45) is 4.43. The van der Waals surface area contributed by atoms with E-state index in [1.165, 1.54) is 0 Å². The van der Waals surface area contributed by atoms with E-state index in [-0.39, 0.29) is 11.9 Å². The van der Waals surface area contributed by atoms with Gasteiger partial charge >= 0.3 is 0 Å². The lowest BCUT2D eigenvalue weighted by Crippen LogP contribution is -2.59. The predicted octanol–water partition coefficient (Wildman–Crippen LogP) is 2.00. The molecule has 0 bridgehead atoms. The van der Waals surface area contributed by atoms with Crippen LogP contribution in [0.5, 0.6) is 0 Å². The second-order valence-electron chi connectivity index (χ2n) is 8.12. The van der Waals surface area contributed by atoms with Crippen LogP contribution >= 0.6 is 0 Å². The van der Waals surface area contributed by atoms with Crippen LogP contribution in [0.3, 0.4) is 0 Å². The summed E-state index contributed by atoms with van der Waals surface area (Å²) in [5.41, 5.74) is 0.670. The second kappa shape index (κ2) is 7.53. The Bertz CT molecular complexity index is 837. The molecule has 1 saturated carbocycles. The first-order chi connectivity index (χ1) is 13.5. The van der Waals surface area contributed by atoms with Crippen molar-refractivity contribution < 1.29 is 9.90 Å². The molecule has 2 heterocycles. The molecule has 2 atom stereocenters. The third-order valence-corrected chi connectivity index (χ3v) is 5.85. The highest BCUT2D eigenvalue weighted by atomic mass is 16.3. The minimum absolute atomic E-state index is 0.0342. The van der Waals surface area contributed by atoms with E-state index in [9.17, 15) is 9.90 Å². The van der Waals surface area contributed by atoms with E-state index in [0.29, 0.717) is 31.1 Å². The highest BCUT2D eigenvalue weighted by Gasteiger charge is 2.44. The maximum Gasteiger partial charge on any atom is 0.251 e. The Morgan fingerprint density at radius 1 is 1.25 bits per heavy atom. The monoisotopic (exact) mass is 380 g/mol. The molecular weight excluding hydrogens is 352 g/mol. The van der Waals surface area contributed by atoms with Gasteiger partial charge in [-0.2, -0.15) is 0 Å². The van der Waals surface area contributed by atoms with E-state index in [1.807, 2.05) is 50.5 Å². The van der Waals surface area contributed by atoms with Gasteiger partial charge in [-0.3, -0.25) is 4.79 Å². The van der Waals surface area contributed by atoms with Crippen LogP contribution in [0.1, 0.15) is 35.2 Å². The van der Waals surface area contributed by atoms with Crippen molar-refractivity contribution in [3.05, 3.63) is 59.8 Å². The van der Waals surface area contributed by atoms with Gasteiger partial charge in [0.25, 0.3) is 5.91 Å². The van der Waals surface area contributed by atoms with Gasteiger partial charge in [-0.1, -0.05) is 30.3 Å². The van der Waals surface area contributed by atoms with Gasteiger partial charge in [-0.05, 0) is 51.1 Å². The highest BCUT2D eigenvalue weighted by molar-refractivity contribution is 5.95. The van der Waals surface area contributed by atoms with Gasteiger partial charge in [0, 0.05) is 30.9 Å². The first-order valence-corrected chi connectivity index (χ1v) is 9.93. The fourth-order valence-electron chi connectivity index (χ4n) is 4.01. The number of piperidine rings is 1. The van der Waals surface area contributed by atoms with Crippen molar-refractivity contribution in [3.8, 4) is 0 Å². The number of nitrogens with zero attached hydrogens (tertiary/aromatic N) is 3. The average Bonchev–Trinajstić information content (AvgIpc) is 3.53. The first kappa shape index (κ1) is 18.9. The fraction of sp³-hybridized carbons (Fsp3) is 0.455. The maximum absolute atomic E-state index is 12.4. The molecule has 0 radical (unpaired) electrons. The number of aromatic nitrogens is 1. The van der Waals surface area contributed by atoms with Gasteiger partial charge in [-0.25, -0.2) is 4.98 Å². The van der Waals surface area contributed by atoms with Crippen molar-refractivity contribution >= 4 is 11.7 Å². The van der Waals surface area contributed by atoms with Gasteiger partial charge < -0.3 is 20.2 Å². The zero-order valence-corrected chi connectivity index (χ0v) is 16.5. The van der Waals surface area contributed by atoms with Crippen molar-refractivity contribution in [1.82, 2.24) is 15.2 Å². The molecule has 1 amide bonds. The SMILES string of the molecule is CN(C)[C@@H]1CN(c2cc(C(=O)NC3CC3)ccn2)CC[C@]1(O)c1ccccc1. The molecule has 148 valence electrons. The minimum Gasteiger partial charge on any atom is -0.383 e. The fourth-order valence-corrected chi connectivity index (χ4v) is 4.01. The Hall–Kier alpha value is -2.44. The second-order valence-corrected chi connectivity index (χ2v) is 8.12. The molecule has 2 N–H and O–H groups in total. The molecule has 4 rings (SSSR count). The number of anilines is 1. The van der Waals surface area contributed by atoms with Crippen molar-refractivity contribution in [2.45, 2.75) is 36.9 Å². The Labute approximate surface area is 166 Å². The molecule has 2 aliphatic rings. The maximum atomic E-state index is 12.4. The van der Waals surface area contributed by atoms with Gasteiger partial charge in [0.1, 0.15) is 11.4 Å². The number of rotatable bonds is 5. The standard InChI is InChI=1S/C22H28N4O2/c1-25(2)19-15-26(13-11-22(19,28)17-6-4-3-5-7-17)20-14-16(10-12-23-20)21(27)24-18-8-9-18/h3-7,10,12,14,18-19,28H,8-9,11,13,15H2,1-2H3,(H,24,27)/t19-,22+/m1/s1. The number of carbonyl (C=O) groups excluding carboxylic acids is 1. The number of benzene rings is 1. The first-order valence-electron chi connectivity index (χ1n) is 9.93. The Kier molecular flexibility index (Phi) is 5.08. The highest BCUT2D eigenvalue weighted by Crippen LogP contribution is 2.36. The van der Waals surface area contributed by atoms with Crippen LogP contribution < -0.4 is 10.2 Å². The van der Waals surface area contributed by atoms with Gasteiger partial charge in [-0.15, -0.1) is 0 Å². The van der Waals surface area contributed by atoms with E-state index < -0.39 is 5.60 Å². The molecule has 1 aliphatic carbocycles. The molecule has 28 heavy (non-hydrogen) atoms. The predicted molar refractivity (Wildman–Crippen MR) is 109 cm³/mol. The molecule has 1 aromatic heterocycles. The minimum atomic E-state index is -0.914. The van der Waals surface area contributed by atoms with Crippen molar-refractivity contribution in [2.75, 3.05) is 32.1 Å². The number of pyridine rings is 1. The molecule has 0 unspecified atom stereocenters. The van der Waals surface area contributed by atoms with Crippen molar-refractivity contribution in [1.29, 1.82) is 0 Å². The van der Waals surface area contributed by atoms with E-state index in [2.05, 4.69) is 20.1 Å². The average molecular weight is 380 g/mol. The largest absolute Gasteiger partial charge is 0.383 e. The summed E-state index contributed by atoms with van der Waals surface area (Å²) in [4.78, 5) is 21.1. The summed E-state index contributed by atoms with van der Waals surface area (Å²) in [5.74, 6) is 0.749. The number of hydrogen-bond donors (Lipinski definition) is 2. The van der Waals surface area contributed by atoms with Gasteiger partial charge in [0.2, 0.25) is 0 Å². The van der Waals surface area contributed by atoms with Gasteiger partial charge in [0.15, 0.2) is 0 Å². The Morgan fingerprint density at radius 3 is 2.68 bits per heavy atom. The van der Waals surface area contributed by atoms with Crippen LogP contribution in [0.15, 0.2) is 48.7 Å². The molecule has 6 nitrogen and oxygen atoms in total. The van der Waals surface area contributed by atoms with Crippen LogP contribution in [0.4, 0.5) is 5.82 Å². The smallest absolute Gasteiger partial charge is 0.251 e. The zero-order chi connectivity index (χ0) is 19.7. The quantitative estimate of drug-likeness (QED) is 0.830. The van der Waals surface area contributed by atoms with Crippen LogP contribution in [-0.4, -0.2) is 60.2 Å². The third kappa shape index (κ3) is 3.75. The summed E-state index contributed by atoms with van der Waals surface area (Å²) in [6, 6.07) is 13.8. The number of amides is 1. The number of hydrogen-bond acceptors (Lipinski definition) is 5. The van der Waals surface area contributed by atoms with Crippen LogP contribution in [0.2, 0.25) is 0 Å². The Morgan fingerprint density at radius 2 is 2.00 bits per heavy atom. The van der Waals surface area contributed by atoms with E-state index in [1.54, 1.807) is 12.3 Å². The Balaban J connectivity index is 1.55. The van der Waals surface area contributed by atoms with E-state index >= 15 is 0 Å². The molecule has 1 saturated heterocycles. The van der Waals surface area contributed by atoms with Crippen molar-refractivity contribution in [3.63, 3.8) is 0 Å². The van der Waals surface area contributed by atoms with Crippen LogP contribution in [0.25, 0.3) is 0 Å². The topological polar surface area (TPSA) is 68.7 Å². The summed E-state index contributed by atoms with van der Waals surface area (Å²) in [5, 5.41) is 14.6. The molecule has 2 aromatic rings. The van der Waals surface area contributed by atoms with Crippen molar-refractivity contribution in [2.24, 2.45) is 0 Å².